The largest absolute Gasteiger partial charge is 0.383 e. The minimum absolute atomic E-state index is 0.0902. The third-order valence-electron chi connectivity index (χ3n) is 6.87. The summed E-state index contributed by atoms with van der Waals surface area (Å²) >= 11 is 0. The summed E-state index contributed by atoms with van der Waals surface area (Å²) in [5, 5.41) is 6.54. The van der Waals surface area contributed by atoms with Crippen LogP contribution in [-0.2, 0) is 6.54 Å². The molecule has 1 aromatic carbocycles. The third-order valence-corrected chi connectivity index (χ3v) is 6.87. The maximum Gasteiger partial charge on any atom is 0.277 e. The average molecular weight is 507 g/mol. The van der Waals surface area contributed by atoms with Crippen molar-refractivity contribution in [2.24, 2.45) is 0 Å². The van der Waals surface area contributed by atoms with E-state index in [0.29, 0.717) is 12.2 Å². The Labute approximate surface area is 216 Å². The zero-order chi connectivity index (χ0) is 25.8. The maximum absolute atomic E-state index is 15.8. The number of halogens is 2. The number of pyridine rings is 1. The third kappa shape index (κ3) is 4.87. The molecule has 3 aromatic heterocycles. The van der Waals surface area contributed by atoms with E-state index in [1.54, 1.807) is 17.0 Å². The van der Waals surface area contributed by atoms with Crippen LogP contribution in [0.4, 0.5) is 20.3 Å². The van der Waals surface area contributed by atoms with Crippen LogP contribution in [0.2, 0.25) is 0 Å². The van der Waals surface area contributed by atoms with Crippen molar-refractivity contribution in [3.05, 3.63) is 60.8 Å². The normalized spacial score (nSPS) is 13.9. The molecule has 0 amide bonds. The lowest BCUT2D eigenvalue weighted by Gasteiger charge is -2.24. The number of nitrogens with zero attached hydrogens (tertiary/aromatic N) is 5. The van der Waals surface area contributed by atoms with Gasteiger partial charge < -0.3 is 15.2 Å². The topological polar surface area (TPSA) is 61.9 Å². The van der Waals surface area contributed by atoms with Crippen molar-refractivity contribution in [1.29, 1.82) is 0 Å². The fraction of sp³-hybridized carbons (Fsp3) is 0.393. The molecule has 0 atom stereocenters. The Morgan fingerprint density at radius 3 is 2.54 bits per heavy atom. The molecule has 194 valence electrons. The van der Waals surface area contributed by atoms with Gasteiger partial charge in [0.15, 0.2) is 11.3 Å². The molecule has 7 nitrogen and oxygen atoms in total. The first-order valence-corrected chi connectivity index (χ1v) is 13.1. The van der Waals surface area contributed by atoms with E-state index in [1.165, 1.54) is 18.5 Å². The van der Waals surface area contributed by atoms with Crippen molar-refractivity contribution in [2.75, 3.05) is 42.9 Å². The van der Waals surface area contributed by atoms with E-state index >= 15 is 8.78 Å². The van der Waals surface area contributed by atoms with Gasteiger partial charge in [-0.25, -0.2) is 23.3 Å². The van der Waals surface area contributed by atoms with E-state index in [-0.39, 0.29) is 5.69 Å². The van der Waals surface area contributed by atoms with Crippen LogP contribution in [0.3, 0.4) is 0 Å². The predicted molar refractivity (Wildman–Crippen MR) is 143 cm³/mol. The van der Waals surface area contributed by atoms with Gasteiger partial charge in [-0.3, -0.25) is 4.90 Å². The number of fused-ring (bicyclic) bond motifs is 1. The number of aryl methyl sites for hydroxylation is 1. The van der Waals surface area contributed by atoms with Gasteiger partial charge in [0.05, 0.1) is 36.4 Å². The van der Waals surface area contributed by atoms with E-state index in [1.807, 2.05) is 12.3 Å². The van der Waals surface area contributed by atoms with Crippen LogP contribution in [-0.4, -0.2) is 47.3 Å². The van der Waals surface area contributed by atoms with Gasteiger partial charge in [0.1, 0.15) is 17.8 Å². The van der Waals surface area contributed by atoms with E-state index in [9.17, 15) is 0 Å². The minimum atomic E-state index is -0.612. The molecule has 0 unspecified atom stereocenters. The van der Waals surface area contributed by atoms with Gasteiger partial charge in [-0.1, -0.05) is 20.3 Å². The van der Waals surface area contributed by atoms with Gasteiger partial charge >= 0.3 is 0 Å². The van der Waals surface area contributed by atoms with Crippen LogP contribution in [0.1, 0.15) is 33.1 Å². The molecular formula is C28H34F2N7+. The summed E-state index contributed by atoms with van der Waals surface area (Å²) in [6.45, 7) is 9.24. The van der Waals surface area contributed by atoms with Crippen LogP contribution in [0.15, 0.2) is 49.2 Å². The monoisotopic (exact) mass is 506 g/mol. The fourth-order valence-electron chi connectivity index (χ4n) is 5.07. The smallest absolute Gasteiger partial charge is 0.277 e. The standard InChI is InChI=1S/C28H34F2N7/c1-3-5-10-34-23-7-6-22(29)28(26(23)30)37-18-21(20-16-32-19-33-17-20)27-24(37)8-9-25(36(27)13-4-2)35-14-11-31-12-15-35/h6-9,16-19,31,34H,3-5,10-15H2,1-2H3/q+1. The highest BCUT2D eigenvalue weighted by Crippen LogP contribution is 2.34. The van der Waals surface area contributed by atoms with Crippen LogP contribution < -0.4 is 20.1 Å². The lowest BCUT2D eigenvalue weighted by Crippen LogP contribution is -2.50. The number of aromatic nitrogens is 4. The number of benzene rings is 1. The van der Waals surface area contributed by atoms with Crippen molar-refractivity contribution in [2.45, 2.75) is 39.7 Å². The van der Waals surface area contributed by atoms with Crippen molar-refractivity contribution in [3.8, 4) is 16.8 Å². The van der Waals surface area contributed by atoms with Gasteiger partial charge in [-0.2, -0.15) is 0 Å². The van der Waals surface area contributed by atoms with Gasteiger partial charge in [0.25, 0.3) is 5.82 Å². The molecule has 0 radical (unpaired) electrons. The van der Waals surface area contributed by atoms with Gasteiger partial charge in [0, 0.05) is 49.9 Å². The van der Waals surface area contributed by atoms with Crippen LogP contribution in [0, 0.1) is 11.6 Å². The van der Waals surface area contributed by atoms with Crippen LogP contribution in [0.5, 0.6) is 0 Å². The minimum Gasteiger partial charge on any atom is -0.383 e. The Bertz CT molecular complexity index is 1360. The van der Waals surface area contributed by atoms with Crippen molar-refractivity contribution < 1.29 is 13.3 Å². The number of nitrogens with one attached hydrogen (secondary N) is 2. The second-order valence-electron chi connectivity index (χ2n) is 9.39. The first-order valence-electron chi connectivity index (χ1n) is 13.1. The lowest BCUT2D eigenvalue weighted by atomic mass is 10.1. The average Bonchev–Trinajstić information content (AvgIpc) is 3.31. The molecule has 1 fully saturated rings. The zero-order valence-corrected chi connectivity index (χ0v) is 21.5. The summed E-state index contributed by atoms with van der Waals surface area (Å²) in [6, 6.07) is 6.85. The molecule has 4 heterocycles. The van der Waals surface area contributed by atoms with E-state index in [4.69, 9.17) is 0 Å². The Hall–Kier alpha value is -3.59. The number of rotatable bonds is 9. The van der Waals surface area contributed by atoms with Crippen molar-refractivity contribution in [3.63, 3.8) is 0 Å². The summed E-state index contributed by atoms with van der Waals surface area (Å²) < 4.78 is 35.1. The highest BCUT2D eigenvalue weighted by molar-refractivity contribution is 5.92. The Balaban J connectivity index is 1.76. The molecule has 0 spiro atoms. The second-order valence-corrected chi connectivity index (χ2v) is 9.39. The summed E-state index contributed by atoms with van der Waals surface area (Å²) in [5.41, 5.74) is 3.49. The Morgan fingerprint density at radius 2 is 1.81 bits per heavy atom. The van der Waals surface area contributed by atoms with Gasteiger partial charge in [-0.15, -0.1) is 0 Å². The quantitative estimate of drug-likeness (QED) is 0.255. The first kappa shape index (κ1) is 25.1. The van der Waals surface area contributed by atoms with Crippen LogP contribution in [0.25, 0.3) is 27.8 Å². The molecule has 9 heteroatoms. The summed E-state index contributed by atoms with van der Waals surface area (Å²) in [7, 11) is 0. The summed E-state index contributed by atoms with van der Waals surface area (Å²) in [6.07, 6.45) is 9.60. The summed E-state index contributed by atoms with van der Waals surface area (Å²) in [5.74, 6) is -0.112. The summed E-state index contributed by atoms with van der Waals surface area (Å²) in [4.78, 5) is 10.8. The van der Waals surface area contributed by atoms with E-state index in [0.717, 1.165) is 80.0 Å². The lowest BCUT2D eigenvalue weighted by molar-refractivity contribution is -0.658. The molecule has 5 rings (SSSR count). The molecular weight excluding hydrogens is 472 g/mol. The van der Waals surface area contributed by atoms with Crippen molar-refractivity contribution in [1.82, 2.24) is 19.9 Å². The molecule has 0 saturated carbocycles. The van der Waals surface area contributed by atoms with Gasteiger partial charge in [-0.05, 0) is 31.0 Å². The van der Waals surface area contributed by atoms with E-state index in [2.05, 4.69) is 50.0 Å². The molecule has 1 saturated heterocycles. The maximum atomic E-state index is 15.8. The zero-order valence-electron chi connectivity index (χ0n) is 21.5. The highest BCUT2D eigenvalue weighted by atomic mass is 19.1. The molecule has 2 N–H and O–H groups in total. The number of unbranched alkanes of at least 4 members (excludes halogenated alkanes) is 1. The second kappa shape index (κ2) is 11.2. The van der Waals surface area contributed by atoms with Crippen LogP contribution >= 0.6 is 0 Å². The molecule has 1 aliphatic heterocycles. The number of hydrogen-bond acceptors (Lipinski definition) is 5. The van der Waals surface area contributed by atoms with Gasteiger partial charge in [0.2, 0.25) is 0 Å². The SMILES string of the molecule is CCCCNc1ccc(F)c(-n2cc(-c3cncnc3)c3c2ccc(N2CCNCC2)[n+]3CCC)c1F. The number of hydrogen-bond donors (Lipinski definition) is 2. The Morgan fingerprint density at radius 1 is 1.03 bits per heavy atom. The molecule has 0 aliphatic carbocycles. The molecule has 4 aromatic rings. The Kier molecular flexibility index (Phi) is 7.60. The highest BCUT2D eigenvalue weighted by Gasteiger charge is 2.28. The number of piperazine rings is 1. The molecule has 0 bridgehead atoms. The number of anilines is 2. The molecule has 37 heavy (non-hydrogen) atoms. The van der Waals surface area contributed by atoms with E-state index < -0.39 is 11.6 Å². The molecule has 1 aliphatic rings. The van der Waals surface area contributed by atoms with Crippen molar-refractivity contribution >= 4 is 22.5 Å². The fourth-order valence-corrected chi connectivity index (χ4v) is 5.07. The first-order chi connectivity index (χ1) is 18.1. The predicted octanol–water partition coefficient (Wildman–Crippen LogP) is 4.68.